The monoisotopic (exact) mass is 271 g/mol. The molecular formula is C16H21N3O. The van der Waals surface area contributed by atoms with Crippen LogP contribution in [0.3, 0.4) is 0 Å². The molecule has 1 N–H and O–H groups in total. The van der Waals surface area contributed by atoms with Crippen molar-refractivity contribution in [3.8, 4) is 5.88 Å². The molecule has 106 valence electrons. The van der Waals surface area contributed by atoms with E-state index in [1.807, 2.05) is 13.1 Å². The Labute approximate surface area is 120 Å². The number of ether oxygens (including phenoxy) is 1. The average molecular weight is 271 g/mol. The van der Waals surface area contributed by atoms with Crippen molar-refractivity contribution >= 4 is 0 Å². The first kappa shape index (κ1) is 14.5. The summed E-state index contributed by atoms with van der Waals surface area (Å²) in [4.78, 5) is 8.39. The second-order valence-electron chi connectivity index (χ2n) is 4.70. The summed E-state index contributed by atoms with van der Waals surface area (Å²) in [6.45, 7) is 2.19. The molecule has 0 fully saturated rings. The molecule has 2 rings (SSSR count). The van der Waals surface area contributed by atoms with Crippen molar-refractivity contribution in [1.29, 1.82) is 0 Å². The van der Waals surface area contributed by atoms with Gasteiger partial charge in [-0.2, -0.15) is 0 Å². The lowest BCUT2D eigenvalue weighted by molar-refractivity contribution is 0.395. The largest absolute Gasteiger partial charge is 0.481 e. The van der Waals surface area contributed by atoms with E-state index in [-0.39, 0.29) is 6.04 Å². The quantitative estimate of drug-likeness (QED) is 0.877. The lowest BCUT2D eigenvalue weighted by Gasteiger charge is -2.16. The van der Waals surface area contributed by atoms with Gasteiger partial charge >= 0.3 is 0 Å². The third-order valence-electron chi connectivity index (χ3n) is 3.31. The Morgan fingerprint density at radius 3 is 2.55 bits per heavy atom. The fourth-order valence-corrected chi connectivity index (χ4v) is 2.27. The third-order valence-corrected chi connectivity index (χ3v) is 3.31. The van der Waals surface area contributed by atoms with Gasteiger partial charge in [-0.1, -0.05) is 37.6 Å². The molecule has 20 heavy (non-hydrogen) atoms. The molecule has 0 radical (unpaired) electrons. The summed E-state index contributed by atoms with van der Waals surface area (Å²) in [7, 11) is 3.54. The van der Waals surface area contributed by atoms with Gasteiger partial charge in [0.1, 0.15) is 6.33 Å². The summed E-state index contributed by atoms with van der Waals surface area (Å²) in [5.74, 6) is 0.581. The molecule has 2 aromatic rings. The van der Waals surface area contributed by atoms with Crippen LogP contribution in [-0.4, -0.2) is 24.1 Å². The summed E-state index contributed by atoms with van der Waals surface area (Å²) < 4.78 is 5.16. The van der Waals surface area contributed by atoms with Crippen molar-refractivity contribution < 1.29 is 4.74 Å². The minimum absolute atomic E-state index is 0.0441. The summed E-state index contributed by atoms with van der Waals surface area (Å²) in [5.41, 5.74) is 3.46. The van der Waals surface area contributed by atoms with Gasteiger partial charge in [0.2, 0.25) is 5.88 Å². The van der Waals surface area contributed by atoms with Crippen LogP contribution in [0.1, 0.15) is 36.2 Å². The molecule has 4 nitrogen and oxygen atoms in total. The van der Waals surface area contributed by atoms with Gasteiger partial charge in [-0.15, -0.1) is 0 Å². The number of benzene rings is 1. The smallest absolute Gasteiger partial charge is 0.216 e. The van der Waals surface area contributed by atoms with Gasteiger partial charge in [0.05, 0.1) is 18.8 Å². The molecule has 0 amide bonds. The first-order valence-corrected chi connectivity index (χ1v) is 6.90. The highest BCUT2D eigenvalue weighted by molar-refractivity contribution is 5.31. The van der Waals surface area contributed by atoms with Crippen LogP contribution in [0.4, 0.5) is 0 Å². The van der Waals surface area contributed by atoms with Gasteiger partial charge in [-0.3, -0.25) is 0 Å². The number of aryl methyl sites for hydroxylation is 1. The second kappa shape index (κ2) is 7.01. The van der Waals surface area contributed by atoms with Gasteiger partial charge in [0.15, 0.2) is 0 Å². The predicted octanol–water partition coefficient (Wildman–Crippen LogP) is 2.75. The van der Waals surface area contributed by atoms with E-state index >= 15 is 0 Å². The molecule has 0 aliphatic heterocycles. The number of nitrogens with one attached hydrogen (secondary N) is 1. The Morgan fingerprint density at radius 1 is 1.20 bits per heavy atom. The number of hydrogen-bond donors (Lipinski definition) is 1. The molecule has 0 aliphatic rings. The zero-order valence-electron chi connectivity index (χ0n) is 12.3. The van der Waals surface area contributed by atoms with Crippen LogP contribution in [0.25, 0.3) is 0 Å². The molecule has 0 spiro atoms. The number of aromatic nitrogens is 2. The minimum Gasteiger partial charge on any atom is -0.481 e. The lowest BCUT2D eigenvalue weighted by Crippen LogP contribution is -2.19. The van der Waals surface area contributed by atoms with Gasteiger partial charge in [-0.05, 0) is 24.6 Å². The fraction of sp³-hybridized carbons (Fsp3) is 0.375. The highest BCUT2D eigenvalue weighted by Crippen LogP contribution is 2.22. The van der Waals surface area contributed by atoms with Crippen LogP contribution in [0, 0.1) is 0 Å². The van der Waals surface area contributed by atoms with Crippen molar-refractivity contribution in [3.63, 3.8) is 0 Å². The lowest BCUT2D eigenvalue weighted by atomic mass is 10.0. The summed E-state index contributed by atoms with van der Waals surface area (Å²) in [6.07, 6.45) is 3.81. The molecule has 0 bridgehead atoms. The minimum atomic E-state index is 0.0441. The Balaban J connectivity index is 2.26. The maximum absolute atomic E-state index is 5.16. The van der Waals surface area contributed by atoms with Gasteiger partial charge in [0, 0.05) is 6.07 Å². The van der Waals surface area contributed by atoms with Crippen molar-refractivity contribution in [3.05, 3.63) is 53.5 Å². The van der Waals surface area contributed by atoms with Crippen molar-refractivity contribution in [2.24, 2.45) is 0 Å². The van der Waals surface area contributed by atoms with E-state index in [4.69, 9.17) is 4.74 Å². The van der Waals surface area contributed by atoms with Crippen LogP contribution in [0.15, 0.2) is 36.7 Å². The fourth-order valence-electron chi connectivity index (χ4n) is 2.27. The van der Waals surface area contributed by atoms with E-state index in [0.717, 1.165) is 18.5 Å². The molecule has 1 aromatic carbocycles. The standard InChI is InChI=1S/C16H21N3O/c1-4-5-12-6-8-13(9-7-12)16(17-2)14-10-15(20-3)19-11-18-14/h6-11,16-17H,4-5H2,1-3H3. The maximum Gasteiger partial charge on any atom is 0.216 e. The van der Waals surface area contributed by atoms with E-state index in [1.54, 1.807) is 7.11 Å². The zero-order chi connectivity index (χ0) is 14.4. The zero-order valence-corrected chi connectivity index (χ0v) is 12.3. The number of methoxy groups -OCH3 is 1. The first-order valence-electron chi connectivity index (χ1n) is 6.90. The number of nitrogens with zero attached hydrogens (tertiary/aromatic N) is 2. The molecule has 0 aliphatic carbocycles. The Morgan fingerprint density at radius 2 is 1.95 bits per heavy atom. The predicted molar refractivity (Wildman–Crippen MR) is 79.9 cm³/mol. The second-order valence-corrected chi connectivity index (χ2v) is 4.70. The first-order chi connectivity index (χ1) is 9.78. The van der Waals surface area contributed by atoms with E-state index in [0.29, 0.717) is 5.88 Å². The van der Waals surface area contributed by atoms with Crippen LogP contribution in [-0.2, 0) is 6.42 Å². The van der Waals surface area contributed by atoms with E-state index in [9.17, 15) is 0 Å². The molecule has 4 heteroatoms. The highest BCUT2D eigenvalue weighted by atomic mass is 16.5. The van der Waals surface area contributed by atoms with Crippen LogP contribution in [0.2, 0.25) is 0 Å². The number of hydrogen-bond acceptors (Lipinski definition) is 4. The average Bonchev–Trinajstić information content (AvgIpc) is 2.50. The normalized spacial score (nSPS) is 12.2. The van der Waals surface area contributed by atoms with Gasteiger partial charge in [-0.25, -0.2) is 9.97 Å². The molecule has 0 saturated carbocycles. The summed E-state index contributed by atoms with van der Waals surface area (Å²) >= 11 is 0. The summed E-state index contributed by atoms with van der Waals surface area (Å²) in [6, 6.07) is 10.6. The van der Waals surface area contributed by atoms with Crippen LogP contribution in [0.5, 0.6) is 5.88 Å². The summed E-state index contributed by atoms with van der Waals surface area (Å²) in [5, 5.41) is 3.29. The molecular weight excluding hydrogens is 250 g/mol. The van der Waals surface area contributed by atoms with E-state index in [1.165, 1.54) is 17.5 Å². The maximum atomic E-state index is 5.16. The van der Waals surface area contributed by atoms with E-state index in [2.05, 4.69) is 46.5 Å². The Hall–Kier alpha value is -1.94. The molecule has 1 heterocycles. The molecule has 1 aromatic heterocycles. The van der Waals surface area contributed by atoms with Gasteiger partial charge < -0.3 is 10.1 Å². The Kier molecular flexibility index (Phi) is 5.07. The topological polar surface area (TPSA) is 47.0 Å². The van der Waals surface area contributed by atoms with Crippen LogP contribution < -0.4 is 10.1 Å². The molecule has 1 unspecified atom stereocenters. The van der Waals surface area contributed by atoms with Crippen LogP contribution >= 0.6 is 0 Å². The van der Waals surface area contributed by atoms with Crippen molar-refractivity contribution in [2.45, 2.75) is 25.8 Å². The third kappa shape index (κ3) is 3.33. The molecule has 0 saturated heterocycles. The highest BCUT2D eigenvalue weighted by Gasteiger charge is 2.14. The number of rotatable bonds is 6. The Bertz CT molecular complexity index is 540. The SMILES string of the molecule is CCCc1ccc(C(NC)c2cc(OC)ncn2)cc1. The van der Waals surface area contributed by atoms with Gasteiger partial charge in [0.25, 0.3) is 0 Å². The van der Waals surface area contributed by atoms with Crippen molar-refractivity contribution in [1.82, 2.24) is 15.3 Å². The van der Waals surface area contributed by atoms with Crippen molar-refractivity contribution in [2.75, 3.05) is 14.2 Å². The molecule has 1 atom stereocenters. The van der Waals surface area contributed by atoms with E-state index < -0.39 is 0 Å².